The van der Waals surface area contributed by atoms with Gasteiger partial charge >= 0.3 is 12.0 Å². The number of carbonyl (C=O) groups is 2. The zero-order chi connectivity index (χ0) is 26.8. The van der Waals surface area contributed by atoms with Gasteiger partial charge in [-0.2, -0.15) is 0 Å². The second kappa shape index (κ2) is 11.0. The molecule has 1 aliphatic carbocycles. The fraction of sp³-hybridized carbons (Fsp3) is 0.333. The highest BCUT2D eigenvalue weighted by atomic mass is 35.5. The van der Waals surface area contributed by atoms with Crippen LogP contribution in [0, 0.1) is 11.7 Å². The van der Waals surface area contributed by atoms with Gasteiger partial charge in [0.1, 0.15) is 17.7 Å². The molecule has 1 unspecified atom stereocenters. The molecule has 1 aliphatic heterocycles. The number of nitrogens with zero attached hydrogens (tertiary/aromatic N) is 1. The zero-order valence-corrected chi connectivity index (χ0v) is 21.9. The summed E-state index contributed by atoms with van der Waals surface area (Å²) in [5.74, 6) is 0.122. The van der Waals surface area contributed by atoms with Crippen molar-refractivity contribution in [3.05, 3.63) is 77.1 Å². The van der Waals surface area contributed by atoms with Gasteiger partial charge in [-0.25, -0.2) is 9.18 Å². The molecule has 198 valence electrons. The number of fused-ring (bicyclic) bond motifs is 1. The molecule has 3 aromatic rings. The third-order valence-electron chi connectivity index (χ3n) is 7.46. The summed E-state index contributed by atoms with van der Waals surface area (Å²) in [5.41, 5.74) is 4.39. The van der Waals surface area contributed by atoms with E-state index in [1.54, 1.807) is 4.90 Å². The molecule has 2 amide bonds. The van der Waals surface area contributed by atoms with Crippen LogP contribution in [0.25, 0.3) is 11.1 Å². The number of carboxylic acid groups (broad SMARTS) is 1. The quantitative estimate of drug-likeness (QED) is 0.350. The Morgan fingerprint density at radius 3 is 2.42 bits per heavy atom. The van der Waals surface area contributed by atoms with Crippen molar-refractivity contribution >= 4 is 35.0 Å². The number of benzene rings is 3. The normalized spacial score (nSPS) is 20.8. The molecule has 1 atom stereocenters. The van der Waals surface area contributed by atoms with Crippen LogP contribution in [0.15, 0.2) is 60.7 Å². The Balaban J connectivity index is 1.29. The lowest BCUT2D eigenvalue weighted by Crippen LogP contribution is -2.44. The highest BCUT2D eigenvalue weighted by Gasteiger charge is 2.28. The second-order valence-electron chi connectivity index (χ2n) is 10.2. The lowest BCUT2D eigenvalue weighted by atomic mass is 9.77. The van der Waals surface area contributed by atoms with Crippen molar-refractivity contribution in [1.82, 2.24) is 0 Å². The van der Waals surface area contributed by atoms with Crippen LogP contribution >= 0.6 is 11.6 Å². The number of anilines is 2. The van der Waals surface area contributed by atoms with Crippen molar-refractivity contribution < 1.29 is 23.8 Å². The number of hydrogen-bond acceptors (Lipinski definition) is 3. The van der Waals surface area contributed by atoms with E-state index in [0.29, 0.717) is 29.6 Å². The molecule has 3 aromatic carbocycles. The maximum atomic E-state index is 13.5. The maximum Gasteiger partial charge on any atom is 0.326 e. The number of carbonyl (C=O) groups excluding carboxylic acids is 1. The van der Waals surface area contributed by atoms with E-state index in [2.05, 4.69) is 29.6 Å². The molecular formula is C30H30ClFN2O4. The molecule has 0 radical (unpaired) electrons. The van der Waals surface area contributed by atoms with E-state index in [9.17, 15) is 14.0 Å². The van der Waals surface area contributed by atoms with Crippen LogP contribution in [0.4, 0.5) is 20.6 Å². The number of aliphatic carboxylic acids is 1. The van der Waals surface area contributed by atoms with E-state index < -0.39 is 11.8 Å². The standard InChI is InChI=1S/C30H30ClFN2O4/c1-18-17-34(30(37)33-24-11-12-26(32)25(31)16-24)27-13-10-23(15-28(27)38-18)22-8-6-21(7-9-22)20-4-2-19(3-5-20)14-29(35)36/h6-13,15-16,18-20H,2-5,14,17H2,1H3,(H,33,37)(H,35,36)/t18?,19-,20-. The summed E-state index contributed by atoms with van der Waals surface area (Å²) in [4.78, 5) is 25.7. The predicted octanol–water partition coefficient (Wildman–Crippen LogP) is 7.71. The average Bonchev–Trinajstić information content (AvgIpc) is 2.90. The van der Waals surface area contributed by atoms with Crippen molar-refractivity contribution in [2.24, 2.45) is 5.92 Å². The first kappa shape index (κ1) is 26.0. The van der Waals surface area contributed by atoms with Gasteiger partial charge in [-0.05, 0) is 91.5 Å². The van der Waals surface area contributed by atoms with Crippen LogP contribution in [0.5, 0.6) is 5.75 Å². The third-order valence-corrected chi connectivity index (χ3v) is 7.75. The molecule has 5 rings (SSSR count). The Labute approximate surface area is 226 Å². The molecule has 1 fully saturated rings. The molecule has 8 heteroatoms. The van der Waals surface area contributed by atoms with E-state index in [1.807, 2.05) is 25.1 Å². The van der Waals surface area contributed by atoms with Crippen molar-refractivity contribution in [3.8, 4) is 16.9 Å². The largest absolute Gasteiger partial charge is 0.487 e. The third kappa shape index (κ3) is 5.78. The number of rotatable bonds is 5. The Bertz CT molecular complexity index is 1340. The number of urea groups is 1. The van der Waals surface area contributed by atoms with Gasteiger partial charge in [0.15, 0.2) is 0 Å². The Morgan fingerprint density at radius 1 is 1.03 bits per heavy atom. The lowest BCUT2D eigenvalue weighted by molar-refractivity contribution is -0.138. The molecule has 0 aromatic heterocycles. The van der Waals surface area contributed by atoms with E-state index in [1.165, 1.54) is 23.8 Å². The Morgan fingerprint density at radius 2 is 1.74 bits per heavy atom. The Hall–Kier alpha value is -3.58. The van der Waals surface area contributed by atoms with Crippen molar-refractivity contribution in [3.63, 3.8) is 0 Å². The van der Waals surface area contributed by atoms with Gasteiger partial charge in [0, 0.05) is 12.1 Å². The minimum absolute atomic E-state index is 0.0555. The van der Waals surface area contributed by atoms with E-state index in [0.717, 1.165) is 36.8 Å². The molecule has 1 heterocycles. The first-order valence-electron chi connectivity index (χ1n) is 12.9. The molecule has 2 aliphatic rings. The summed E-state index contributed by atoms with van der Waals surface area (Å²) in [5, 5.41) is 11.8. The zero-order valence-electron chi connectivity index (χ0n) is 21.1. The number of nitrogens with one attached hydrogen (secondary N) is 1. The number of hydrogen-bond donors (Lipinski definition) is 2. The van der Waals surface area contributed by atoms with Gasteiger partial charge in [0.25, 0.3) is 0 Å². The van der Waals surface area contributed by atoms with Gasteiger partial charge in [-0.3, -0.25) is 9.69 Å². The summed E-state index contributed by atoms with van der Waals surface area (Å²) in [7, 11) is 0. The Kier molecular flexibility index (Phi) is 7.56. The van der Waals surface area contributed by atoms with Crippen LogP contribution in [0.1, 0.15) is 50.5 Å². The number of ether oxygens (including phenoxy) is 1. The van der Waals surface area contributed by atoms with Crippen LogP contribution in [0.3, 0.4) is 0 Å². The number of carboxylic acids is 1. The predicted molar refractivity (Wildman–Crippen MR) is 147 cm³/mol. The van der Waals surface area contributed by atoms with Crippen LogP contribution in [-0.4, -0.2) is 29.8 Å². The molecule has 38 heavy (non-hydrogen) atoms. The van der Waals surface area contributed by atoms with Crippen molar-refractivity contribution in [2.45, 2.75) is 51.0 Å². The van der Waals surface area contributed by atoms with Gasteiger partial charge in [0.2, 0.25) is 0 Å². The second-order valence-corrected chi connectivity index (χ2v) is 10.6. The van der Waals surface area contributed by atoms with Crippen molar-refractivity contribution in [2.75, 3.05) is 16.8 Å². The van der Waals surface area contributed by atoms with Gasteiger partial charge in [-0.1, -0.05) is 41.9 Å². The first-order valence-corrected chi connectivity index (χ1v) is 13.3. The maximum absolute atomic E-state index is 13.5. The summed E-state index contributed by atoms with van der Waals surface area (Å²) < 4.78 is 19.6. The summed E-state index contributed by atoms with van der Waals surface area (Å²) in [6, 6.07) is 18.1. The van der Waals surface area contributed by atoms with Crippen LogP contribution in [0.2, 0.25) is 5.02 Å². The van der Waals surface area contributed by atoms with Crippen LogP contribution < -0.4 is 15.0 Å². The number of amides is 2. The minimum Gasteiger partial charge on any atom is -0.487 e. The van der Waals surface area contributed by atoms with Crippen molar-refractivity contribution in [1.29, 1.82) is 0 Å². The fourth-order valence-electron chi connectivity index (χ4n) is 5.47. The van der Waals surface area contributed by atoms with E-state index in [-0.39, 0.29) is 29.5 Å². The molecule has 1 saturated carbocycles. The number of halogens is 2. The van der Waals surface area contributed by atoms with Gasteiger partial charge < -0.3 is 15.2 Å². The van der Waals surface area contributed by atoms with E-state index in [4.69, 9.17) is 21.4 Å². The van der Waals surface area contributed by atoms with Gasteiger partial charge in [0.05, 0.1) is 17.3 Å². The fourth-order valence-corrected chi connectivity index (χ4v) is 5.65. The average molecular weight is 537 g/mol. The highest BCUT2D eigenvalue weighted by molar-refractivity contribution is 6.31. The van der Waals surface area contributed by atoms with Crippen LogP contribution in [-0.2, 0) is 4.79 Å². The molecule has 0 saturated heterocycles. The molecule has 6 nitrogen and oxygen atoms in total. The summed E-state index contributed by atoms with van der Waals surface area (Å²) in [6.07, 6.45) is 4.01. The summed E-state index contributed by atoms with van der Waals surface area (Å²) >= 11 is 5.86. The molecule has 2 N–H and O–H groups in total. The first-order chi connectivity index (χ1) is 18.3. The molecule has 0 spiro atoms. The molecule has 0 bridgehead atoms. The van der Waals surface area contributed by atoms with Gasteiger partial charge in [-0.15, -0.1) is 0 Å². The highest BCUT2D eigenvalue weighted by Crippen LogP contribution is 2.40. The molecular weight excluding hydrogens is 507 g/mol. The lowest BCUT2D eigenvalue weighted by Gasteiger charge is -2.33. The topological polar surface area (TPSA) is 78.9 Å². The summed E-state index contributed by atoms with van der Waals surface area (Å²) in [6.45, 7) is 2.28. The minimum atomic E-state index is -0.706. The monoisotopic (exact) mass is 536 g/mol. The smallest absolute Gasteiger partial charge is 0.326 e. The SMILES string of the molecule is CC1CN(C(=O)Nc2ccc(F)c(Cl)c2)c2ccc(-c3ccc([C@H]4CC[C@H](CC(=O)O)CC4)cc3)cc2O1. The van der Waals surface area contributed by atoms with E-state index >= 15 is 0 Å².